The summed E-state index contributed by atoms with van der Waals surface area (Å²) in [5, 5.41) is 0. The molecular formula is C15H28N2O3. The summed E-state index contributed by atoms with van der Waals surface area (Å²) in [6.07, 6.45) is 4.68. The Morgan fingerprint density at radius 2 is 1.80 bits per heavy atom. The molecule has 0 saturated carbocycles. The van der Waals surface area contributed by atoms with Crippen molar-refractivity contribution in [3.05, 3.63) is 0 Å². The molecule has 5 heteroatoms. The van der Waals surface area contributed by atoms with Crippen molar-refractivity contribution in [3.63, 3.8) is 0 Å². The maximum Gasteiger partial charge on any atom is 0.239 e. The number of hydrogen-bond acceptors (Lipinski definition) is 4. The van der Waals surface area contributed by atoms with Gasteiger partial charge in [0.15, 0.2) is 0 Å². The molecule has 0 aromatic rings. The van der Waals surface area contributed by atoms with Gasteiger partial charge < -0.3 is 14.4 Å². The molecule has 2 aliphatic rings. The van der Waals surface area contributed by atoms with Crippen LogP contribution in [0.3, 0.4) is 0 Å². The molecule has 20 heavy (non-hydrogen) atoms. The molecule has 2 rings (SSSR count). The first-order valence-electron chi connectivity index (χ1n) is 7.85. The fourth-order valence-corrected chi connectivity index (χ4v) is 3.09. The summed E-state index contributed by atoms with van der Waals surface area (Å²) in [7, 11) is 1.69. The third-order valence-electron chi connectivity index (χ3n) is 4.44. The molecule has 2 fully saturated rings. The minimum absolute atomic E-state index is 0.0213. The second kappa shape index (κ2) is 7.96. The summed E-state index contributed by atoms with van der Waals surface area (Å²) in [5.41, 5.74) is 0. The van der Waals surface area contributed by atoms with Crippen molar-refractivity contribution >= 4 is 5.91 Å². The van der Waals surface area contributed by atoms with Crippen molar-refractivity contribution in [2.45, 2.75) is 44.8 Å². The van der Waals surface area contributed by atoms with Gasteiger partial charge in [0.25, 0.3) is 0 Å². The number of piperidine rings is 1. The normalized spacial score (nSPS) is 23.2. The summed E-state index contributed by atoms with van der Waals surface area (Å²) in [4.78, 5) is 16.7. The monoisotopic (exact) mass is 284 g/mol. The lowest BCUT2D eigenvalue weighted by atomic mass is 10.1. The second-order valence-corrected chi connectivity index (χ2v) is 5.81. The number of rotatable bonds is 6. The Bertz CT molecular complexity index is 297. The zero-order valence-electron chi connectivity index (χ0n) is 12.8. The Morgan fingerprint density at radius 1 is 1.15 bits per heavy atom. The number of amides is 1. The van der Waals surface area contributed by atoms with Crippen molar-refractivity contribution in [3.8, 4) is 0 Å². The van der Waals surface area contributed by atoms with Gasteiger partial charge in [-0.15, -0.1) is 0 Å². The fourth-order valence-electron chi connectivity index (χ4n) is 3.09. The Kier molecular flexibility index (Phi) is 6.26. The van der Waals surface area contributed by atoms with E-state index in [0.29, 0.717) is 25.2 Å². The first-order valence-corrected chi connectivity index (χ1v) is 7.85. The summed E-state index contributed by atoms with van der Waals surface area (Å²) in [5.74, 6) is 0.307. The van der Waals surface area contributed by atoms with Gasteiger partial charge in [0.2, 0.25) is 5.91 Å². The lowest BCUT2D eigenvalue weighted by Crippen LogP contribution is -2.50. The molecule has 2 aliphatic heterocycles. The van der Waals surface area contributed by atoms with Crippen LogP contribution in [0.4, 0.5) is 0 Å². The lowest BCUT2D eigenvalue weighted by Gasteiger charge is -2.36. The van der Waals surface area contributed by atoms with Crippen LogP contribution in [0, 0.1) is 0 Å². The lowest BCUT2D eigenvalue weighted by molar-refractivity contribution is -0.136. The zero-order chi connectivity index (χ0) is 14.4. The topological polar surface area (TPSA) is 42.0 Å². The van der Waals surface area contributed by atoms with Crippen LogP contribution in [0.25, 0.3) is 0 Å². The van der Waals surface area contributed by atoms with E-state index in [1.54, 1.807) is 7.11 Å². The molecule has 0 aromatic carbocycles. The van der Waals surface area contributed by atoms with Crippen LogP contribution in [-0.4, -0.2) is 74.4 Å². The van der Waals surface area contributed by atoms with Gasteiger partial charge in [-0.1, -0.05) is 0 Å². The Balaban J connectivity index is 1.71. The van der Waals surface area contributed by atoms with E-state index in [1.807, 2.05) is 11.8 Å². The highest BCUT2D eigenvalue weighted by atomic mass is 16.5. The standard InChI is InChI=1S/C15H28N2O3/c1-13(15(18)17-7-3-4-8-17)16-9-5-14(6-10-16)20-12-11-19-2/h13-14H,3-12H2,1-2H3. The molecule has 0 spiro atoms. The number of nitrogens with zero attached hydrogens (tertiary/aromatic N) is 2. The van der Waals surface area contributed by atoms with Gasteiger partial charge in [-0.3, -0.25) is 9.69 Å². The van der Waals surface area contributed by atoms with E-state index in [1.165, 1.54) is 0 Å². The van der Waals surface area contributed by atoms with Crippen LogP contribution in [0.15, 0.2) is 0 Å². The van der Waals surface area contributed by atoms with Crippen LogP contribution >= 0.6 is 0 Å². The predicted octanol–water partition coefficient (Wildman–Crippen LogP) is 1.12. The van der Waals surface area contributed by atoms with Gasteiger partial charge in [0, 0.05) is 33.3 Å². The Hall–Kier alpha value is -0.650. The summed E-state index contributed by atoms with van der Waals surface area (Å²) < 4.78 is 10.8. The van der Waals surface area contributed by atoms with E-state index in [-0.39, 0.29) is 6.04 Å². The van der Waals surface area contributed by atoms with Crippen molar-refractivity contribution in [2.24, 2.45) is 0 Å². The van der Waals surface area contributed by atoms with Crippen LogP contribution in [0.5, 0.6) is 0 Å². The third kappa shape index (κ3) is 4.17. The molecular weight excluding hydrogens is 256 g/mol. The number of hydrogen-bond donors (Lipinski definition) is 0. The molecule has 0 aliphatic carbocycles. The molecule has 5 nitrogen and oxygen atoms in total. The average Bonchev–Trinajstić information content (AvgIpc) is 3.01. The third-order valence-corrected chi connectivity index (χ3v) is 4.44. The van der Waals surface area contributed by atoms with Gasteiger partial charge in [-0.25, -0.2) is 0 Å². The molecule has 2 heterocycles. The number of methoxy groups -OCH3 is 1. The number of likely N-dealkylation sites (tertiary alicyclic amines) is 2. The summed E-state index contributed by atoms with van der Waals surface area (Å²) in [6.45, 7) is 7.18. The molecule has 0 aromatic heterocycles. The van der Waals surface area contributed by atoms with Crippen LogP contribution in [-0.2, 0) is 14.3 Å². The first kappa shape index (κ1) is 15.7. The second-order valence-electron chi connectivity index (χ2n) is 5.81. The molecule has 0 radical (unpaired) electrons. The average molecular weight is 284 g/mol. The Labute approximate surface area is 122 Å². The van der Waals surface area contributed by atoms with Gasteiger partial charge in [0.05, 0.1) is 25.4 Å². The molecule has 0 N–H and O–H groups in total. The van der Waals surface area contributed by atoms with Crippen LogP contribution < -0.4 is 0 Å². The van der Waals surface area contributed by atoms with E-state index in [0.717, 1.165) is 51.9 Å². The largest absolute Gasteiger partial charge is 0.382 e. The maximum atomic E-state index is 12.4. The number of carbonyl (C=O) groups excluding carboxylic acids is 1. The number of ether oxygens (including phenoxy) is 2. The smallest absolute Gasteiger partial charge is 0.239 e. The molecule has 1 atom stereocenters. The molecule has 116 valence electrons. The minimum Gasteiger partial charge on any atom is -0.382 e. The van der Waals surface area contributed by atoms with E-state index >= 15 is 0 Å². The fraction of sp³-hybridized carbons (Fsp3) is 0.933. The summed E-state index contributed by atoms with van der Waals surface area (Å²) >= 11 is 0. The first-order chi connectivity index (χ1) is 9.72. The van der Waals surface area contributed by atoms with Crippen molar-refractivity contribution in [1.29, 1.82) is 0 Å². The van der Waals surface area contributed by atoms with Crippen molar-refractivity contribution in [1.82, 2.24) is 9.80 Å². The quantitative estimate of drug-likeness (QED) is 0.686. The minimum atomic E-state index is 0.0213. The van der Waals surface area contributed by atoms with Gasteiger partial charge in [0.1, 0.15) is 0 Å². The molecule has 1 unspecified atom stereocenters. The van der Waals surface area contributed by atoms with Gasteiger partial charge >= 0.3 is 0 Å². The van der Waals surface area contributed by atoms with E-state index in [2.05, 4.69) is 4.90 Å². The highest BCUT2D eigenvalue weighted by molar-refractivity contribution is 5.81. The highest BCUT2D eigenvalue weighted by Gasteiger charge is 2.30. The zero-order valence-corrected chi connectivity index (χ0v) is 12.8. The highest BCUT2D eigenvalue weighted by Crippen LogP contribution is 2.18. The van der Waals surface area contributed by atoms with Crippen molar-refractivity contribution in [2.75, 3.05) is 46.5 Å². The van der Waals surface area contributed by atoms with E-state index in [9.17, 15) is 4.79 Å². The number of carbonyl (C=O) groups is 1. The molecule has 0 bridgehead atoms. The van der Waals surface area contributed by atoms with E-state index < -0.39 is 0 Å². The molecule has 1 amide bonds. The van der Waals surface area contributed by atoms with Crippen molar-refractivity contribution < 1.29 is 14.3 Å². The van der Waals surface area contributed by atoms with Gasteiger partial charge in [-0.05, 0) is 32.6 Å². The predicted molar refractivity (Wildman–Crippen MR) is 77.7 cm³/mol. The maximum absolute atomic E-state index is 12.4. The SMILES string of the molecule is COCCOC1CCN(C(C)C(=O)N2CCCC2)CC1. The van der Waals surface area contributed by atoms with Crippen LogP contribution in [0.1, 0.15) is 32.6 Å². The van der Waals surface area contributed by atoms with Gasteiger partial charge in [-0.2, -0.15) is 0 Å². The Morgan fingerprint density at radius 3 is 2.40 bits per heavy atom. The van der Waals surface area contributed by atoms with E-state index in [4.69, 9.17) is 9.47 Å². The summed E-state index contributed by atoms with van der Waals surface area (Å²) in [6, 6.07) is 0.0213. The van der Waals surface area contributed by atoms with Crippen LogP contribution in [0.2, 0.25) is 0 Å². The molecule has 2 saturated heterocycles.